The third-order valence-corrected chi connectivity index (χ3v) is 13.5. The van der Waals surface area contributed by atoms with Crippen LogP contribution in [0.1, 0.15) is 106 Å². The summed E-state index contributed by atoms with van der Waals surface area (Å²) in [5, 5.41) is 21.5. The Hall–Kier alpha value is -0.340. The van der Waals surface area contributed by atoms with Crippen molar-refractivity contribution < 1.29 is 10.2 Å². The molecule has 2 N–H and O–H groups in total. The minimum absolute atomic E-state index is 0.0290. The van der Waals surface area contributed by atoms with Crippen LogP contribution in [0.4, 0.5) is 0 Å². The van der Waals surface area contributed by atoms with Crippen molar-refractivity contribution in [1.82, 2.24) is 0 Å². The summed E-state index contributed by atoms with van der Waals surface area (Å²) in [6.45, 7) is 19.7. The largest absolute Gasteiger partial charge is 0.396 e. The SMILES string of the molecule is C=C(C)[C@@H]1CC[C@@]2(CO)CC[C@]3(C)[C@H](CC[C@H]4[C@@]5(C)CC[C@@H](O)C(C)(C)[C@H]5CC[C@@]43C)[C@@H]12. The van der Waals surface area contributed by atoms with Crippen LogP contribution >= 0.6 is 0 Å². The highest BCUT2D eigenvalue weighted by Crippen LogP contribution is 2.77. The van der Waals surface area contributed by atoms with Gasteiger partial charge in [-0.25, -0.2) is 0 Å². The highest BCUT2D eigenvalue weighted by Gasteiger charge is 2.70. The Labute approximate surface area is 197 Å². The zero-order valence-electron chi connectivity index (χ0n) is 21.8. The van der Waals surface area contributed by atoms with Gasteiger partial charge in [-0.05, 0) is 128 Å². The molecule has 5 aliphatic rings. The van der Waals surface area contributed by atoms with E-state index in [-0.39, 0.29) is 16.9 Å². The maximum Gasteiger partial charge on any atom is 0.0594 e. The molecule has 0 heterocycles. The second-order valence-corrected chi connectivity index (χ2v) is 14.6. The van der Waals surface area contributed by atoms with Crippen LogP contribution in [0, 0.1) is 56.7 Å². The normalized spacial score (nSPS) is 56.5. The Balaban J connectivity index is 1.55. The predicted octanol–water partition coefficient (Wildman–Crippen LogP) is 7.00. The molecule has 0 bridgehead atoms. The van der Waals surface area contributed by atoms with E-state index < -0.39 is 0 Å². The lowest BCUT2D eigenvalue weighted by molar-refractivity contribution is -0.249. The van der Waals surface area contributed by atoms with E-state index >= 15 is 0 Å². The van der Waals surface area contributed by atoms with Crippen molar-refractivity contribution in [3.63, 3.8) is 0 Å². The van der Waals surface area contributed by atoms with E-state index in [2.05, 4.69) is 48.1 Å². The summed E-state index contributed by atoms with van der Waals surface area (Å²) in [6, 6.07) is 0. The van der Waals surface area contributed by atoms with E-state index in [9.17, 15) is 10.2 Å². The van der Waals surface area contributed by atoms with Gasteiger partial charge in [-0.1, -0.05) is 46.8 Å². The van der Waals surface area contributed by atoms with Crippen LogP contribution < -0.4 is 0 Å². The smallest absolute Gasteiger partial charge is 0.0594 e. The van der Waals surface area contributed by atoms with Crippen LogP contribution in [-0.2, 0) is 0 Å². The van der Waals surface area contributed by atoms with E-state index in [4.69, 9.17) is 0 Å². The van der Waals surface area contributed by atoms with Crippen molar-refractivity contribution >= 4 is 0 Å². The van der Waals surface area contributed by atoms with Gasteiger partial charge in [0.25, 0.3) is 0 Å². The summed E-state index contributed by atoms with van der Waals surface area (Å²) >= 11 is 0. The molecule has 0 unspecified atom stereocenters. The lowest BCUT2D eigenvalue weighted by Gasteiger charge is -2.73. The number of hydrogen-bond acceptors (Lipinski definition) is 2. The summed E-state index contributed by atoms with van der Waals surface area (Å²) in [7, 11) is 0. The molecule has 0 aliphatic heterocycles. The average molecular weight is 443 g/mol. The number of fused-ring (bicyclic) bond motifs is 7. The Morgan fingerprint density at radius 2 is 1.53 bits per heavy atom. The predicted molar refractivity (Wildman–Crippen MR) is 132 cm³/mol. The Morgan fingerprint density at radius 1 is 0.812 bits per heavy atom. The van der Waals surface area contributed by atoms with Crippen LogP contribution in [0.5, 0.6) is 0 Å². The summed E-state index contributed by atoms with van der Waals surface area (Å²) in [4.78, 5) is 0. The minimum Gasteiger partial charge on any atom is -0.396 e. The molecule has 0 aromatic rings. The average Bonchev–Trinajstić information content (AvgIpc) is 3.12. The first-order valence-corrected chi connectivity index (χ1v) is 13.8. The first kappa shape index (κ1) is 23.4. The van der Waals surface area contributed by atoms with Crippen LogP contribution in [0.3, 0.4) is 0 Å². The maximum atomic E-state index is 10.9. The van der Waals surface area contributed by atoms with Gasteiger partial charge < -0.3 is 10.2 Å². The van der Waals surface area contributed by atoms with Gasteiger partial charge in [0, 0.05) is 6.61 Å². The summed E-state index contributed by atoms with van der Waals surface area (Å²) < 4.78 is 0. The molecule has 0 saturated heterocycles. The fraction of sp³-hybridized carbons (Fsp3) is 0.933. The second kappa shape index (κ2) is 7.09. The lowest BCUT2D eigenvalue weighted by Crippen LogP contribution is -2.66. The molecule has 5 aliphatic carbocycles. The van der Waals surface area contributed by atoms with E-state index in [1.54, 1.807) is 0 Å². The number of aliphatic hydroxyl groups excluding tert-OH is 2. The highest BCUT2D eigenvalue weighted by molar-refractivity contribution is 5.21. The van der Waals surface area contributed by atoms with E-state index in [0.717, 1.165) is 18.3 Å². The Kier molecular flexibility index (Phi) is 5.19. The van der Waals surface area contributed by atoms with E-state index in [1.165, 1.54) is 63.4 Å². The van der Waals surface area contributed by atoms with Crippen molar-refractivity contribution in [2.24, 2.45) is 56.7 Å². The summed E-state index contributed by atoms with van der Waals surface area (Å²) in [6.07, 6.45) is 12.2. The number of hydrogen-bond donors (Lipinski definition) is 2. The summed E-state index contributed by atoms with van der Waals surface area (Å²) in [5.74, 6) is 3.33. The van der Waals surface area contributed by atoms with Gasteiger partial charge in [-0.2, -0.15) is 0 Å². The molecule has 10 atom stereocenters. The third kappa shape index (κ3) is 2.66. The third-order valence-electron chi connectivity index (χ3n) is 13.5. The van der Waals surface area contributed by atoms with Gasteiger partial charge in [-0.3, -0.25) is 0 Å². The monoisotopic (exact) mass is 442 g/mol. The van der Waals surface area contributed by atoms with Crippen molar-refractivity contribution in [3.8, 4) is 0 Å². The number of aliphatic hydroxyl groups is 2. The van der Waals surface area contributed by atoms with Gasteiger partial charge in [0.05, 0.1) is 6.10 Å². The first-order chi connectivity index (χ1) is 14.9. The van der Waals surface area contributed by atoms with Crippen molar-refractivity contribution in [1.29, 1.82) is 0 Å². The van der Waals surface area contributed by atoms with Gasteiger partial charge in [0.2, 0.25) is 0 Å². The standard InChI is InChI=1S/C30H50O2/c1-19(2)20-10-15-30(18-31)17-16-28(6)21(25(20)30)8-9-23-27(5)13-12-24(32)26(3,4)22(27)11-14-29(23,28)7/h20-25,31-32H,1,8-18H2,2-7H3/t20-,21+,22+,23-,24+,25+,27-,28+,29-,30-/m0/s1. The minimum atomic E-state index is -0.147. The molecular weight excluding hydrogens is 392 g/mol. The van der Waals surface area contributed by atoms with Crippen LogP contribution in [-0.4, -0.2) is 22.9 Å². The fourth-order valence-electron chi connectivity index (χ4n) is 11.5. The van der Waals surface area contributed by atoms with Crippen LogP contribution in [0.15, 0.2) is 12.2 Å². The molecule has 182 valence electrons. The fourth-order valence-corrected chi connectivity index (χ4v) is 11.5. The molecule has 5 fully saturated rings. The van der Waals surface area contributed by atoms with Crippen LogP contribution in [0.2, 0.25) is 0 Å². The van der Waals surface area contributed by atoms with Crippen molar-refractivity contribution in [2.75, 3.05) is 6.61 Å². The number of allylic oxidation sites excluding steroid dienone is 1. The quantitative estimate of drug-likeness (QED) is 0.452. The Morgan fingerprint density at radius 3 is 2.19 bits per heavy atom. The molecule has 5 rings (SSSR count). The van der Waals surface area contributed by atoms with Gasteiger partial charge in [0.15, 0.2) is 0 Å². The lowest BCUT2D eigenvalue weighted by atomic mass is 9.32. The molecule has 0 radical (unpaired) electrons. The molecule has 2 nitrogen and oxygen atoms in total. The zero-order valence-corrected chi connectivity index (χ0v) is 21.8. The topological polar surface area (TPSA) is 40.5 Å². The van der Waals surface area contributed by atoms with Gasteiger partial charge in [-0.15, -0.1) is 0 Å². The second-order valence-electron chi connectivity index (χ2n) is 14.6. The van der Waals surface area contributed by atoms with Crippen LogP contribution in [0.25, 0.3) is 0 Å². The van der Waals surface area contributed by atoms with E-state index in [1.807, 2.05) is 0 Å². The van der Waals surface area contributed by atoms with Crippen molar-refractivity contribution in [2.45, 2.75) is 112 Å². The Bertz CT molecular complexity index is 786. The highest BCUT2D eigenvalue weighted by atomic mass is 16.3. The molecule has 0 aromatic carbocycles. The van der Waals surface area contributed by atoms with Gasteiger partial charge >= 0.3 is 0 Å². The number of rotatable bonds is 2. The van der Waals surface area contributed by atoms with Gasteiger partial charge in [0.1, 0.15) is 0 Å². The van der Waals surface area contributed by atoms with E-state index in [0.29, 0.717) is 40.6 Å². The molecule has 0 aromatic heterocycles. The van der Waals surface area contributed by atoms with Crippen molar-refractivity contribution in [3.05, 3.63) is 12.2 Å². The molecule has 2 heteroatoms. The summed E-state index contributed by atoms with van der Waals surface area (Å²) in [5.41, 5.74) is 2.60. The first-order valence-electron chi connectivity index (χ1n) is 13.8. The molecule has 5 saturated carbocycles. The molecule has 0 amide bonds. The maximum absolute atomic E-state index is 10.9. The molecular formula is C30H50O2. The molecule has 32 heavy (non-hydrogen) atoms. The zero-order chi connectivity index (χ0) is 23.3. The molecule has 0 spiro atoms.